The van der Waals surface area contributed by atoms with E-state index < -0.39 is 0 Å². The molecule has 76 valence electrons. The third-order valence-corrected chi connectivity index (χ3v) is 2.75. The van der Waals surface area contributed by atoms with Crippen LogP contribution in [0.2, 0.25) is 0 Å². The molecule has 0 radical (unpaired) electrons. The Balaban J connectivity index is 2.06. The van der Waals surface area contributed by atoms with Gasteiger partial charge in [0.1, 0.15) is 0 Å². The van der Waals surface area contributed by atoms with Crippen molar-refractivity contribution in [2.75, 3.05) is 0 Å². The first-order chi connectivity index (χ1) is 6.36. The molecule has 0 aromatic carbocycles. The molecular weight excluding hydrogens is 160 g/mol. The van der Waals surface area contributed by atoms with Crippen LogP contribution in [0.15, 0.2) is 12.7 Å². The highest BCUT2D eigenvalue weighted by Crippen LogP contribution is 2.25. The van der Waals surface area contributed by atoms with E-state index in [1.807, 2.05) is 6.08 Å². The monoisotopic (exact) mass is 182 g/mol. The molecule has 0 spiro atoms. The number of hydrogen-bond donors (Lipinski definition) is 0. The Bertz CT molecular complexity index is 142. The summed E-state index contributed by atoms with van der Waals surface area (Å²) in [5.41, 5.74) is 0. The van der Waals surface area contributed by atoms with Gasteiger partial charge in [0, 0.05) is 0 Å². The van der Waals surface area contributed by atoms with Crippen LogP contribution in [0.5, 0.6) is 0 Å². The van der Waals surface area contributed by atoms with Gasteiger partial charge in [-0.25, -0.2) is 0 Å². The summed E-state index contributed by atoms with van der Waals surface area (Å²) < 4.78 is 5.88. The highest BCUT2D eigenvalue weighted by molar-refractivity contribution is 4.80. The number of hydrogen-bond acceptors (Lipinski definition) is 1. The second-order valence-corrected chi connectivity index (χ2v) is 3.98. The maximum Gasteiger partial charge on any atom is 0.0614 e. The van der Waals surface area contributed by atoms with Gasteiger partial charge in [0.05, 0.1) is 12.2 Å². The predicted molar refractivity (Wildman–Crippen MR) is 56.9 cm³/mol. The van der Waals surface area contributed by atoms with Crippen molar-refractivity contribution in [3.8, 4) is 0 Å². The van der Waals surface area contributed by atoms with Gasteiger partial charge in [0.2, 0.25) is 0 Å². The van der Waals surface area contributed by atoms with Crippen molar-refractivity contribution in [2.24, 2.45) is 0 Å². The van der Waals surface area contributed by atoms with Crippen LogP contribution >= 0.6 is 0 Å². The molecule has 1 aliphatic rings. The molecule has 0 unspecified atom stereocenters. The molecule has 1 nitrogen and oxygen atoms in total. The average Bonchev–Trinajstić information content (AvgIpc) is 2.54. The summed E-state index contributed by atoms with van der Waals surface area (Å²) in [6.45, 7) is 5.99. The summed E-state index contributed by atoms with van der Waals surface area (Å²) >= 11 is 0. The highest BCUT2D eigenvalue weighted by Gasteiger charge is 2.23. The normalized spacial score (nSPS) is 27.8. The van der Waals surface area contributed by atoms with E-state index in [0.29, 0.717) is 12.2 Å². The average molecular weight is 182 g/mol. The highest BCUT2D eigenvalue weighted by atomic mass is 16.5. The summed E-state index contributed by atoms with van der Waals surface area (Å²) in [5.74, 6) is 0. The molecule has 1 heteroatoms. The van der Waals surface area contributed by atoms with Crippen LogP contribution < -0.4 is 0 Å². The molecule has 1 rings (SSSR count). The van der Waals surface area contributed by atoms with Crippen LogP contribution in [0.4, 0.5) is 0 Å². The van der Waals surface area contributed by atoms with Gasteiger partial charge >= 0.3 is 0 Å². The molecule has 1 aliphatic heterocycles. The lowest BCUT2D eigenvalue weighted by atomic mass is 10.1. The third kappa shape index (κ3) is 3.95. The summed E-state index contributed by atoms with van der Waals surface area (Å²) in [4.78, 5) is 0. The van der Waals surface area contributed by atoms with Crippen molar-refractivity contribution < 1.29 is 4.74 Å². The third-order valence-electron chi connectivity index (χ3n) is 2.75. The summed E-state index contributed by atoms with van der Waals surface area (Å²) in [6.07, 6.45) is 11.8. The van der Waals surface area contributed by atoms with Crippen LogP contribution in [0, 0.1) is 0 Å². The summed E-state index contributed by atoms with van der Waals surface area (Å²) in [5, 5.41) is 0. The number of ether oxygens (including phenoxy) is 1. The zero-order valence-electron chi connectivity index (χ0n) is 8.80. The fourth-order valence-electron chi connectivity index (χ4n) is 1.97. The van der Waals surface area contributed by atoms with Gasteiger partial charge in [-0.3, -0.25) is 0 Å². The van der Waals surface area contributed by atoms with Crippen LogP contribution in [-0.2, 0) is 4.74 Å². The van der Waals surface area contributed by atoms with E-state index in [4.69, 9.17) is 4.74 Å². The van der Waals surface area contributed by atoms with Gasteiger partial charge in [-0.1, -0.05) is 32.3 Å². The van der Waals surface area contributed by atoms with E-state index in [9.17, 15) is 0 Å². The van der Waals surface area contributed by atoms with Crippen molar-refractivity contribution in [1.82, 2.24) is 0 Å². The maximum absolute atomic E-state index is 5.88. The fraction of sp³-hybridized carbons (Fsp3) is 0.833. The second kappa shape index (κ2) is 6.20. The molecular formula is C12H22O. The molecule has 0 N–H and O–H groups in total. The van der Waals surface area contributed by atoms with Crippen LogP contribution in [0.1, 0.15) is 51.9 Å². The first kappa shape index (κ1) is 10.8. The van der Waals surface area contributed by atoms with Crippen molar-refractivity contribution in [3.63, 3.8) is 0 Å². The predicted octanol–water partition coefficient (Wildman–Crippen LogP) is 3.69. The van der Waals surface area contributed by atoms with Crippen molar-refractivity contribution in [3.05, 3.63) is 12.7 Å². The van der Waals surface area contributed by atoms with Crippen LogP contribution in [-0.4, -0.2) is 12.2 Å². The van der Waals surface area contributed by atoms with E-state index >= 15 is 0 Å². The van der Waals surface area contributed by atoms with Gasteiger partial charge in [-0.15, -0.1) is 6.58 Å². The lowest BCUT2D eigenvalue weighted by Gasteiger charge is -2.11. The Morgan fingerprint density at radius 1 is 1.31 bits per heavy atom. The topological polar surface area (TPSA) is 9.23 Å². The van der Waals surface area contributed by atoms with Gasteiger partial charge in [0.15, 0.2) is 0 Å². The standard InChI is InChI=1S/C12H22O/c1-3-5-6-8-12-10-9-11(13-12)7-4-2/h4,11-12H,2-3,5-10H2,1H3/t11-,12+/m1/s1. The lowest BCUT2D eigenvalue weighted by Crippen LogP contribution is -2.09. The van der Waals surface area contributed by atoms with E-state index in [1.165, 1.54) is 38.5 Å². The fourth-order valence-corrected chi connectivity index (χ4v) is 1.97. The van der Waals surface area contributed by atoms with E-state index in [0.717, 1.165) is 6.42 Å². The quantitative estimate of drug-likeness (QED) is 0.449. The molecule has 1 heterocycles. The zero-order chi connectivity index (χ0) is 9.52. The molecule has 1 saturated heterocycles. The molecule has 0 bridgehead atoms. The zero-order valence-corrected chi connectivity index (χ0v) is 8.80. The van der Waals surface area contributed by atoms with E-state index in [2.05, 4.69) is 13.5 Å². The van der Waals surface area contributed by atoms with Crippen LogP contribution in [0.25, 0.3) is 0 Å². The molecule has 0 saturated carbocycles. The maximum atomic E-state index is 5.88. The largest absolute Gasteiger partial charge is 0.375 e. The summed E-state index contributed by atoms with van der Waals surface area (Å²) in [7, 11) is 0. The minimum absolute atomic E-state index is 0.476. The van der Waals surface area contributed by atoms with Gasteiger partial charge in [-0.2, -0.15) is 0 Å². The number of unbranched alkanes of at least 4 members (excludes halogenated alkanes) is 2. The molecule has 0 aromatic heterocycles. The minimum atomic E-state index is 0.476. The Kier molecular flexibility index (Phi) is 5.14. The Morgan fingerprint density at radius 3 is 2.77 bits per heavy atom. The van der Waals surface area contributed by atoms with Gasteiger partial charge < -0.3 is 4.74 Å². The Hall–Kier alpha value is -0.300. The molecule has 13 heavy (non-hydrogen) atoms. The minimum Gasteiger partial charge on any atom is -0.375 e. The van der Waals surface area contributed by atoms with Crippen molar-refractivity contribution in [2.45, 2.75) is 64.1 Å². The second-order valence-electron chi connectivity index (χ2n) is 3.98. The molecule has 0 aromatic rings. The molecule has 2 atom stereocenters. The van der Waals surface area contributed by atoms with Crippen molar-refractivity contribution in [1.29, 1.82) is 0 Å². The first-order valence-electron chi connectivity index (χ1n) is 5.63. The Morgan fingerprint density at radius 2 is 2.08 bits per heavy atom. The Labute approximate surface area is 82.2 Å². The van der Waals surface area contributed by atoms with Gasteiger partial charge in [-0.05, 0) is 25.7 Å². The van der Waals surface area contributed by atoms with Crippen molar-refractivity contribution >= 4 is 0 Å². The first-order valence-corrected chi connectivity index (χ1v) is 5.63. The van der Waals surface area contributed by atoms with Crippen LogP contribution in [0.3, 0.4) is 0 Å². The molecule has 0 aliphatic carbocycles. The van der Waals surface area contributed by atoms with Gasteiger partial charge in [0.25, 0.3) is 0 Å². The molecule has 0 amide bonds. The smallest absolute Gasteiger partial charge is 0.0614 e. The molecule has 1 fully saturated rings. The van der Waals surface area contributed by atoms with E-state index in [-0.39, 0.29) is 0 Å². The van der Waals surface area contributed by atoms with E-state index in [1.54, 1.807) is 0 Å². The summed E-state index contributed by atoms with van der Waals surface area (Å²) in [6, 6.07) is 0. The number of rotatable bonds is 6. The lowest BCUT2D eigenvalue weighted by molar-refractivity contribution is 0.0411. The SMILES string of the molecule is C=CC[C@@H]1CC[C@H](CCCCC)O1.